The van der Waals surface area contributed by atoms with Gasteiger partial charge in [-0.15, -0.1) is 12.4 Å². The molecule has 144 valence electrons. The van der Waals surface area contributed by atoms with Gasteiger partial charge in [0.15, 0.2) is 0 Å². The standard InChI is InChI=1S/C19H29N5O.ClH/c1-14(2)17-16(19(23(3)4)24(5)22-17)13-20-11-12-21-18(25)15-9-7-6-8-10-15;/h6-10,14,20H,11-13H2,1-5H3,(H,21,25);1H. The van der Waals surface area contributed by atoms with E-state index in [1.54, 1.807) is 0 Å². The Morgan fingerprint density at radius 3 is 2.42 bits per heavy atom. The van der Waals surface area contributed by atoms with Gasteiger partial charge in [-0.05, 0) is 18.1 Å². The number of halogens is 1. The molecular weight excluding hydrogens is 350 g/mol. The molecule has 1 heterocycles. The second-order valence-corrected chi connectivity index (χ2v) is 6.66. The molecule has 2 N–H and O–H groups in total. The molecule has 0 radical (unpaired) electrons. The van der Waals surface area contributed by atoms with E-state index in [4.69, 9.17) is 0 Å². The van der Waals surface area contributed by atoms with Crippen LogP contribution in [0.25, 0.3) is 0 Å². The number of aryl methyl sites for hydroxylation is 1. The number of carbonyl (C=O) groups excluding carboxylic acids is 1. The molecule has 0 bridgehead atoms. The Balaban J connectivity index is 0.00000338. The molecule has 0 saturated heterocycles. The quantitative estimate of drug-likeness (QED) is 0.692. The SMILES string of the molecule is CC(C)c1nn(C)c(N(C)C)c1CNCCNC(=O)c1ccccc1.Cl. The van der Waals surface area contributed by atoms with Gasteiger partial charge in [-0.2, -0.15) is 5.10 Å². The lowest BCUT2D eigenvalue weighted by atomic mass is 10.1. The first-order chi connectivity index (χ1) is 11.9. The van der Waals surface area contributed by atoms with Crippen molar-refractivity contribution in [3.8, 4) is 0 Å². The number of nitrogens with one attached hydrogen (secondary N) is 2. The summed E-state index contributed by atoms with van der Waals surface area (Å²) in [4.78, 5) is 14.1. The smallest absolute Gasteiger partial charge is 0.251 e. The number of hydrogen-bond acceptors (Lipinski definition) is 4. The highest BCUT2D eigenvalue weighted by atomic mass is 35.5. The number of rotatable bonds is 8. The molecule has 0 atom stereocenters. The fraction of sp³-hybridized carbons (Fsp3) is 0.474. The van der Waals surface area contributed by atoms with E-state index in [0.717, 1.165) is 18.1 Å². The first-order valence-electron chi connectivity index (χ1n) is 8.68. The summed E-state index contributed by atoms with van der Waals surface area (Å²) in [5.74, 6) is 1.44. The molecule has 2 aromatic rings. The van der Waals surface area contributed by atoms with Gasteiger partial charge in [0.25, 0.3) is 5.91 Å². The van der Waals surface area contributed by atoms with Crippen LogP contribution in [-0.2, 0) is 13.6 Å². The minimum atomic E-state index is -0.0411. The molecule has 7 heteroatoms. The van der Waals surface area contributed by atoms with Crippen LogP contribution in [0.15, 0.2) is 30.3 Å². The Bertz CT molecular complexity index is 697. The van der Waals surface area contributed by atoms with Gasteiger partial charge in [-0.25, -0.2) is 0 Å². The molecule has 1 aromatic carbocycles. The van der Waals surface area contributed by atoms with Crippen LogP contribution >= 0.6 is 12.4 Å². The topological polar surface area (TPSA) is 62.2 Å². The second kappa shape index (κ2) is 10.2. The third-order valence-corrected chi connectivity index (χ3v) is 4.04. The average Bonchev–Trinajstić information content (AvgIpc) is 2.92. The van der Waals surface area contributed by atoms with Gasteiger partial charge < -0.3 is 15.5 Å². The van der Waals surface area contributed by atoms with Crippen LogP contribution in [0, 0.1) is 0 Å². The predicted octanol–water partition coefficient (Wildman–Crippen LogP) is 2.55. The molecular formula is C19H30ClN5O. The van der Waals surface area contributed by atoms with Gasteiger partial charge in [0.05, 0.1) is 5.69 Å². The van der Waals surface area contributed by atoms with Crippen molar-refractivity contribution < 1.29 is 4.79 Å². The van der Waals surface area contributed by atoms with Gasteiger partial charge >= 0.3 is 0 Å². The van der Waals surface area contributed by atoms with Crippen molar-refractivity contribution in [1.29, 1.82) is 0 Å². The summed E-state index contributed by atoms with van der Waals surface area (Å²) in [5, 5.41) is 11.0. The summed E-state index contributed by atoms with van der Waals surface area (Å²) < 4.78 is 1.93. The van der Waals surface area contributed by atoms with Crippen molar-refractivity contribution in [2.75, 3.05) is 32.1 Å². The van der Waals surface area contributed by atoms with E-state index in [1.165, 1.54) is 5.56 Å². The lowest BCUT2D eigenvalue weighted by Crippen LogP contribution is -2.32. The van der Waals surface area contributed by atoms with E-state index in [1.807, 2.05) is 56.2 Å². The van der Waals surface area contributed by atoms with Crippen molar-refractivity contribution in [3.05, 3.63) is 47.2 Å². The van der Waals surface area contributed by atoms with Crippen LogP contribution in [0.4, 0.5) is 5.82 Å². The van der Waals surface area contributed by atoms with Crippen molar-refractivity contribution in [3.63, 3.8) is 0 Å². The largest absolute Gasteiger partial charge is 0.363 e. The highest BCUT2D eigenvalue weighted by Crippen LogP contribution is 2.26. The van der Waals surface area contributed by atoms with E-state index in [2.05, 4.69) is 34.5 Å². The number of benzene rings is 1. The van der Waals surface area contributed by atoms with E-state index in [-0.39, 0.29) is 18.3 Å². The van der Waals surface area contributed by atoms with Crippen molar-refractivity contribution >= 4 is 24.1 Å². The molecule has 1 amide bonds. The monoisotopic (exact) mass is 379 g/mol. The first kappa shape index (κ1) is 22.0. The summed E-state index contributed by atoms with van der Waals surface area (Å²) in [6, 6.07) is 9.27. The lowest BCUT2D eigenvalue weighted by Gasteiger charge is -2.16. The highest BCUT2D eigenvalue weighted by molar-refractivity contribution is 5.94. The van der Waals surface area contributed by atoms with Crippen LogP contribution in [0.2, 0.25) is 0 Å². The fourth-order valence-corrected chi connectivity index (χ4v) is 2.94. The maximum Gasteiger partial charge on any atom is 0.251 e. The van der Waals surface area contributed by atoms with Crippen molar-refractivity contribution in [2.45, 2.75) is 26.3 Å². The summed E-state index contributed by atoms with van der Waals surface area (Å²) in [6.45, 7) is 6.34. The third kappa shape index (κ3) is 5.47. The normalized spacial score (nSPS) is 10.5. The molecule has 2 rings (SSSR count). The van der Waals surface area contributed by atoms with Gasteiger partial charge in [0.2, 0.25) is 0 Å². The zero-order valence-electron chi connectivity index (χ0n) is 16.2. The number of amides is 1. The Kier molecular flexibility index (Phi) is 8.61. The summed E-state index contributed by atoms with van der Waals surface area (Å²) in [7, 11) is 6.04. The zero-order valence-corrected chi connectivity index (χ0v) is 17.1. The third-order valence-electron chi connectivity index (χ3n) is 4.04. The number of anilines is 1. The molecule has 6 nitrogen and oxygen atoms in total. The van der Waals surface area contributed by atoms with Gasteiger partial charge in [0, 0.05) is 51.9 Å². The Morgan fingerprint density at radius 1 is 1.19 bits per heavy atom. The summed E-state index contributed by atoms with van der Waals surface area (Å²) in [5.41, 5.74) is 3.02. The van der Waals surface area contributed by atoms with Gasteiger partial charge in [-0.3, -0.25) is 9.48 Å². The van der Waals surface area contributed by atoms with Crippen LogP contribution < -0.4 is 15.5 Å². The molecule has 0 fully saturated rings. The average molecular weight is 380 g/mol. The molecule has 0 spiro atoms. The van der Waals surface area contributed by atoms with E-state index >= 15 is 0 Å². The molecule has 0 unspecified atom stereocenters. The van der Waals surface area contributed by atoms with Crippen molar-refractivity contribution in [2.24, 2.45) is 7.05 Å². The molecule has 26 heavy (non-hydrogen) atoms. The lowest BCUT2D eigenvalue weighted by molar-refractivity contribution is 0.0954. The molecule has 0 aliphatic heterocycles. The Hall–Kier alpha value is -2.05. The summed E-state index contributed by atoms with van der Waals surface area (Å²) in [6.07, 6.45) is 0. The van der Waals surface area contributed by atoms with Gasteiger partial charge in [-0.1, -0.05) is 32.0 Å². The molecule has 0 aliphatic rings. The number of carbonyl (C=O) groups is 1. The van der Waals surface area contributed by atoms with E-state index in [9.17, 15) is 4.79 Å². The number of nitrogens with zero attached hydrogens (tertiary/aromatic N) is 3. The van der Waals surface area contributed by atoms with Crippen LogP contribution in [0.1, 0.15) is 41.4 Å². The molecule has 1 aromatic heterocycles. The number of hydrogen-bond donors (Lipinski definition) is 2. The summed E-state index contributed by atoms with van der Waals surface area (Å²) >= 11 is 0. The van der Waals surface area contributed by atoms with Crippen LogP contribution in [0.5, 0.6) is 0 Å². The zero-order chi connectivity index (χ0) is 18.4. The molecule has 0 aliphatic carbocycles. The Labute approximate surface area is 162 Å². The van der Waals surface area contributed by atoms with E-state index < -0.39 is 0 Å². The van der Waals surface area contributed by atoms with Crippen LogP contribution in [-0.4, -0.2) is 42.9 Å². The minimum Gasteiger partial charge on any atom is -0.363 e. The van der Waals surface area contributed by atoms with E-state index in [0.29, 0.717) is 24.6 Å². The minimum absolute atomic E-state index is 0. The van der Waals surface area contributed by atoms with Crippen LogP contribution in [0.3, 0.4) is 0 Å². The first-order valence-corrected chi connectivity index (χ1v) is 8.68. The Morgan fingerprint density at radius 2 is 1.85 bits per heavy atom. The predicted molar refractivity (Wildman–Crippen MR) is 109 cm³/mol. The highest BCUT2D eigenvalue weighted by Gasteiger charge is 2.19. The number of aromatic nitrogens is 2. The maximum atomic E-state index is 12.0. The maximum absolute atomic E-state index is 12.0. The fourth-order valence-electron chi connectivity index (χ4n) is 2.94. The second-order valence-electron chi connectivity index (χ2n) is 6.66. The van der Waals surface area contributed by atoms with Gasteiger partial charge in [0.1, 0.15) is 5.82 Å². The van der Waals surface area contributed by atoms with Crippen molar-refractivity contribution in [1.82, 2.24) is 20.4 Å². The molecule has 0 saturated carbocycles.